The van der Waals surface area contributed by atoms with Gasteiger partial charge in [0.05, 0.1) is 18.2 Å². The number of benzene rings is 1. The molecule has 1 N–H and O–H groups in total. The van der Waals surface area contributed by atoms with E-state index in [-0.39, 0.29) is 17.3 Å². The molecule has 1 heterocycles. The highest BCUT2D eigenvalue weighted by Crippen LogP contribution is 2.39. The Bertz CT molecular complexity index is 707. The van der Waals surface area contributed by atoms with E-state index in [1.165, 1.54) is 0 Å². The number of hydrogen-bond acceptors (Lipinski definition) is 5. The van der Waals surface area contributed by atoms with Gasteiger partial charge in [0.1, 0.15) is 5.75 Å². The van der Waals surface area contributed by atoms with Crippen molar-refractivity contribution in [1.82, 2.24) is 9.80 Å². The zero-order valence-electron chi connectivity index (χ0n) is 16.9. The molecule has 0 aromatic heterocycles. The van der Waals surface area contributed by atoms with Crippen LogP contribution < -0.4 is 4.74 Å². The summed E-state index contributed by atoms with van der Waals surface area (Å²) in [5.41, 5.74) is 0.981. The topological polar surface area (TPSA) is 70.1 Å². The number of carbonyl (C=O) groups is 2. The predicted molar refractivity (Wildman–Crippen MR) is 105 cm³/mol. The molecule has 6 heteroatoms. The van der Waals surface area contributed by atoms with Gasteiger partial charge in [0, 0.05) is 19.0 Å². The maximum absolute atomic E-state index is 12.7. The number of carbonyl (C=O) groups excluding carboxylic acids is 2. The molecule has 1 unspecified atom stereocenters. The number of rotatable bonds is 9. The first-order valence-corrected chi connectivity index (χ1v) is 9.43. The maximum atomic E-state index is 12.7. The van der Waals surface area contributed by atoms with Gasteiger partial charge in [-0.1, -0.05) is 32.9 Å². The van der Waals surface area contributed by atoms with Crippen LogP contribution in [0.1, 0.15) is 38.8 Å². The summed E-state index contributed by atoms with van der Waals surface area (Å²) in [5.74, 6) is -0.682. The van der Waals surface area contributed by atoms with Gasteiger partial charge in [-0.3, -0.25) is 9.59 Å². The summed E-state index contributed by atoms with van der Waals surface area (Å²) >= 11 is 0. The molecule has 6 nitrogen and oxygen atoms in total. The van der Waals surface area contributed by atoms with E-state index in [0.29, 0.717) is 19.7 Å². The molecule has 1 aliphatic rings. The number of amides is 1. The quantitative estimate of drug-likeness (QED) is 0.720. The van der Waals surface area contributed by atoms with Crippen LogP contribution in [0.15, 0.2) is 35.6 Å². The second-order valence-electron chi connectivity index (χ2n) is 7.40. The molecule has 27 heavy (non-hydrogen) atoms. The van der Waals surface area contributed by atoms with Crippen LogP contribution >= 0.6 is 0 Å². The number of ketones is 1. The average Bonchev–Trinajstić information content (AvgIpc) is 2.88. The van der Waals surface area contributed by atoms with E-state index in [1.54, 1.807) is 18.7 Å². The van der Waals surface area contributed by atoms with Crippen molar-refractivity contribution in [3.63, 3.8) is 0 Å². The number of aliphatic hydroxyl groups is 1. The molecule has 1 amide bonds. The van der Waals surface area contributed by atoms with Crippen LogP contribution in [0, 0.1) is 5.92 Å². The van der Waals surface area contributed by atoms with Gasteiger partial charge in [0.2, 0.25) is 0 Å². The second-order valence-corrected chi connectivity index (χ2v) is 7.40. The second kappa shape index (κ2) is 9.04. The van der Waals surface area contributed by atoms with Crippen LogP contribution in [-0.2, 0) is 9.59 Å². The van der Waals surface area contributed by atoms with Gasteiger partial charge in [-0.15, -0.1) is 0 Å². The van der Waals surface area contributed by atoms with E-state index in [1.807, 2.05) is 50.2 Å². The number of nitrogens with zero attached hydrogens (tertiary/aromatic N) is 2. The predicted octanol–water partition coefficient (Wildman–Crippen LogP) is 2.96. The van der Waals surface area contributed by atoms with Crippen molar-refractivity contribution < 1.29 is 19.4 Å². The monoisotopic (exact) mass is 374 g/mol. The fourth-order valence-corrected chi connectivity index (χ4v) is 3.07. The molecule has 0 bridgehead atoms. The van der Waals surface area contributed by atoms with Gasteiger partial charge in [-0.25, -0.2) is 0 Å². The Hall–Kier alpha value is -2.34. The van der Waals surface area contributed by atoms with Crippen molar-refractivity contribution in [2.24, 2.45) is 5.92 Å². The average molecular weight is 374 g/mol. The van der Waals surface area contributed by atoms with Crippen molar-refractivity contribution in [1.29, 1.82) is 0 Å². The molecule has 1 aromatic carbocycles. The molecule has 0 saturated carbocycles. The summed E-state index contributed by atoms with van der Waals surface area (Å²) in [7, 11) is 3.84. The van der Waals surface area contributed by atoms with Crippen LogP contribution in [0.3, 0.4) is 0 Å². The summed E-state index contributed by atoms with van der Waals surface area (Å²) in [6, 6.07) is 6.82. The van der Waals surface area contributed by atoms with E-state index >= 15 is 0 Å². The van der Waals surface area contributed by atoms with Gasteiger partial charge in [0.25, 0.3) is 5.91 Å². The lowest BCUT2D eigenvalue weighted by molar-refractivity contribution is -0.129. The molecule has 1 aliphatic heterocycles. The number of aliphatic hydroxyl groups excluding tert-OH is 1. The molecule has 1 atom stereocenters. The lowest BCUT2D eigenvalue weighted by Crippen LogP contribution is -2.36. The Morgan fingerprint density at radius 3 is 2.41 bits per heavy atom. The SMILES string of the molecule is CCCOc1ccc(C2C(C(=O)C(C)C)=C(O)C(=O)N2CCN(C)C)cc1. The first-order chi connectivity index (χ1) is 12.8. The molecule has 0 spiro atoms. The Morgan fingerprint density at radius 1 is 1.26 bits per heavy atom. The minimum atomic E-state index is -0.576. The van der Waals surface area contributed by atoms with Gasteiger partial charge >= 0.3 is 0 Å². The zero-order valence-corrected chi connectivity index (χ0v) is 16.9. The standard InChI is InChI=1S/C21H30N2O4/c1-6-13-27-16-9-7-15(8-10-16)18-17(19(24)14(2)3)20(25)21(26)23(18)12-11-22(4)5/h7-10,14,18,25H,6,11-13H2,1-5H3. The molecule has 0 aliphatic carbocycles. The third-order valence-corrected chi connectivity index (χ3v) is 4.55. The van der Waals surface area contributed by atoms with Crippen molar-refractivity contribution in [3.05, 3.63) is 41.2 Å². The fourth-order valence-electron chi connectivity index (χ4n) is 3.07. The maximum Gasteiger partial charge on any atom is 0.290 e. The molecular weight excluding hydrogens is 344 g/mol. The van der Waals surface area contributed by atoms with Gasteiger partial charge in [-0.2, -0.15) is 0 Å². The van der Waals surface area contributed by atoms with E-state index in [9.17, 15) is 14.7 Å². The van der Waals surface area contributed by atoms with Crippen LogP contribution in [-0.4, -0.2) is 60.4 Å². The summed E-state index contributed by atoms with van der Waals surface area (Å²) in [4.78, 5) is 29.0. The summed E-state index contributed by atoms with van der Waals surface area (Å²) < 4.78 is 5.62. The molecule has 1 aromatic rings. The minimum Gasteiger partial charge on any atom is -0.503 e. The Balaban J connectivity index is 2.40. The number of ether oxygens (including phenoxy) is 1. The Kier molecular flexibility index (Phi) is 7.02. The van der Waals surface area contributed by atoms with E-state index in [0.717, 1.165) is 17.7 Å². The van der Waals surface area contributed by atoms with Gasteiger partial charge in [0.15, 0.2) is 11.5 Å². The lowest BCUT2D eigenvalue weighted by Gasteiger charge is -2.28. The third-order valence-electron chi connectivity index (χ3n) is 4.55. The van der Waals surface area contributed by atoms with Crippen LogP contribution in [0.4, 0.5) is 0 Å². The molecule has 148 valence electrons. The van der Waals surface area contributed by atoms with Crippen LogP contribution in [0.2, 0.25) is 0 Å². The van der Waals surface area contributed by atoms with Gasteiger partial charge in [-0.05, 0) is 38.2 Å². The van der Waals surface area contributed by atoms with Crippen molar-refractivity contribution >= 4 is 11.7 Å². The highest BCUT2D eigenvalue weighted by molar-refractivity contribution is 6.09. The van der Waals surface area contributed by atoms with E-state index in [4.69, 9.17) is 4.74 Å². The van der Waals surface area contributed by atoms with Gasteiger partial charge < -0.3 is 19.6 Å². The zero-order chi connectivity index (χ0) is 20.1. The van der Waals surface area contributed by atoms with E-state index < -0.39 is 17.7 Å². The fraction of sp³-hybridized carbons (Fsp3) is 0.524. The van der Waals surface area contributed by atoms with Crippen molar-refractivity contribution in [2.75, 3.05) is 33.8 Å². The summed E-state index contributed by atoms with van der Waals surface area (Å²) in [5, 5.41) is 10.4. The Morgan fingerprint density at radius 2 is 1.89 bits per heavy atom. The largest absolute Gasteiger partial charge is 0.503 e. The van der Waals surface area contributed by atoms with Crippen LogP contribution in [0.25, 0.3) is 0 Å². The van der Waals surface area contributed by atoms with Crippen molar-refractivity contribution in [2.45, 2.75) is 33.2 Å². The first kappa shape index (κ1) is 21.0. The smallest absolute Gasteiger partial charge is 0.290 e. The molecule has 0 fully saturated rings. The number of Topliss-reactive ketones (excluding diaryl/α,β-unsaturated/α-hetero) is 1. The van der Waals surface area contributed by atoms with Crippen molar-refractivity contribution in [3.8, 4) is 5.75 Å². The Labute approximate surface area is 161 Å². The molecule has 0 radical (unpaired) electrons. The summed E-state index contributed by atoms with van der Waals surface area (Å²) in [6.45, 7) is 7.27. The van der Waals surface area contributed by atoms with E-state index in [2.05, 4.69) is 0 Å². The highest BCUT2D eigenvalue weighted by Gasteiger charge is 2.43. The van der Waals surface area contributed by atoms with Crippen LogP contribution in [0.5, 0.6) is 5.75 Å². The summed E-state index contributed by atoms with van der Waals surface area (Å²) in [6.07, 6.45) is 0.918. The lowest BCUT2D eigenvalue weighted by atomic mass is 9.91. The first-order valence-electron chi connectivity index (χ1n) is 9.43. The molecular formula is C21H30N2O4. The normalized spacial score (nSPS) is 17.4. The molecule has 0 saturated heterocycles. The minimum absolute atomic E-state index is 0.191. The molecule has 2 rings (SSSR count). The third kappa shape index (κ3) is 4.69. The number of hydrogen-bond donors (Lipinski definition) is 1. The number of likely N-dealkylation sites (N-methyl/N-ethyl adjacent to an activating group) is 1. The highest BCUT2D eigenvalue weighted by atomic mass is 16.5.